The predicted octanol–water partition coefficient (Wildman–Crippen LogP) is 3.41. The molecule has 1 aromatic carbocycles. The summed E-state index contributed by atoms with van der Waals surface area (Å²) in [5.74, 6) is -0.391. The standard InChI is InChI=1S/C15H16FNO3S/c1-15(2,14(18)20-4)11-8-21-13(17-11)12-9(16)6-5-7-10(12)19-3/h5-8H,1-4H3. The number of methoxy groups -OCH3 is 2. The molecule has 0 aliphatic carbocycles. The molecular formula is C15H16FNO3S. The summed E-state index contributed by atoms with van der Waals surface area (Å²) in [6, 6.07) is 4.60. The highest BCUT2D eigenvalue weighted by Gasteiger charge is 2.34. The van der Waals surface area contributed by atoms with E-state index in [1.807, 2.05) is 0 Å². The van der Waals surface area contributed by atoms with Crippen LogP contribution in [0.4, 0.5) is 4.39 Å². The van der Waals surface area contributed by atoms with E-state index in [4.69, 9.17) is 9.47 Å². The van der Waals surface area contributed by atoms with Gasteiger partial charge in [0.05, 0.1) is 25.5 Å². The van der Waals surface area contributed by atoms with Crippen LogP contribution in [0.15, 0.2) is 23.6 Å². The minimum atomic E-state index is -0.887. The van der Waals surface area contributed by atoms with E-state index in [9.17, 15) is 9.18 Å². The van der Waals surface area contributed by atoms with Gasteiger partial charge >= 0.3 is 5.97 Å². The number of hydrogen-bond acceptors (Lipinski definition) is 5. The number of carbonyl (C=O) groups is 1. The van der Waals surface area contributed by atoms with Crippen molar-refractivity contribution >= 4 is 17.3 Å². The topological polar surface area (TPSA) is 48.4 Å². The number of thiazole rings is 1. The molecule has 0 atom stereocenters. The lowest BCUT2D eigenvalue weighted by Crippen LogP contribution is -2.30. The third kappa shape index (κ3) is 2.76. The van der Waals surface area contributed by atoms with Gasteiger partial charge in [-0.3, -0.25) is 4.79 Å². The fourth-order valence-corrected chi connectivity index (χ4v) is 2.95. The van der Waals surface area contributed by atoms with Crippen LogP contribution in [0.5, 0.6) is 5.75 Å². The Labute approximate surface area is 126 Å². The SMILES string of the molecule is COC(=O)C(C)(C)c1csc(-c2c(F)cccc2OC)n1. The van der Waals surface area contributed by atoms with Crippen molar-refractivity contribution in [3.63, 3.8) is 0 Å². The largest absolute Gasteiger partial charge is 0.496 e. The summed E-state index contributed by atoms with van der Waals surface area (Å²) in [6.45, 7) is 3.44. The predicted molar refractivity (Wildman–Crippen MR) is 79.1 cm³/mol. The van der Waals surface area contributed by atoms with Gasteiger partial charge in [-0.2, -0.15) is 0 Å². The summed E-state index contributed by atoms with van der Waals surface area (Å²) in [6.07, 6.45) is 0. The second-order valence-electron chi connectivity index (χ2n) is 4.97. The van der Waals surface area contributed by atoms with E-state index < -0.39 is 11.2 Å². The van der Waals surface area contributed by atoms with Crippen LogP contribution in [0.3, 0.4) is 0 Å². The normalized spacial score (nSPS) is 11.3. The average Bonchev–Trinajstić information content (AvgIpc) is 2.95. The Balaban J connectivity index is 2.49. The molecule has 0 aliphatic rings. The molecule has 0 aliphatic heterocycles. The highest BCUT2D eigenvalue weighted by molar-refractivity contribution is 7.13. The third-order valence-corrected chi connectivity index (χ3v) is 4.11. The molecule has 0 bridgehead atoms. The number of halogens is 1. The lowest BCUT2D eigenvalue weighted by molar-refractivity contribution is -0.146. The van der Waals surface area contributed by atoms with Crippen LogP contribution >= 0.6 is 11.3 Å². The number of aromatic nitrogens is 1. The molecule has 0 fully saturated rings. The van der Waals surface area contributed by atoms with Crippen LogP contribution in [0.1, 0.15) is 19.5 Å². The molecule has 0 saturated carbocycles. The van der Waals surface area contributed by atoms with Crippen molar-refractivity contribution in [2.75, 3.05) is 14.2 Å². The van der Waals surface area contributed by atoms with Crippen molar-refractivity contribution in [1.29, 1.82) is 0 Å². The Kier molecular flexibility index (Phi) is 4.27. The molecule has 0 radical (unpaired) electrons. The zero-order chi connectivity index (χ0) is 15.6. The molecule has 0 spiro atoms. The number of rotatable bonds is 4. The van der Waals surface area contributed by atoms with Crippen LogP contribution < -0.4 is 4.74 Å². The molecule has 4 nitrogen and oxygen atoms in total. The lowest BCUT2D eigenvalue weighted by Gasteiger charge is -2.18. The van der Waals surface area contributed by atoms with E-state index in [0.29, 0.717) is 22.0 Å². The minimum absolute atomic E-state index is 0.303. The van der Waals surface area contributed by atoms with Gasteiger partial charge in [0.25, 0.3) is 0 Å². The van der Waals surface area contributed by atoms with E-state index in [2.05, 4.69) is 4.98 Å². The van der Waals surface area contributed by atoms with E-state index in [1.165, 1.54) is 31.6 Å². The van der Waals surface area contributed by atoms with Crippen molar-refractivity contribution in [2.45, 2.75) is 19.3 Å². The first kappa shape index (κ1) is 15.4. The third-order valence-electron chi connectivity index (χ3n) is 3.25. The van der Waals surface area contributed by atoms with Gasteiger partial charge in [0.1, 0.15) is 22.0 Å². The van der Waals surface area contributed by atoms with Crippen molar-refractivity contribution in [3.8, 4) is 16.3 Å². The van der Waals surface area contributed by atoms with Gasteiger partial charge in [-0.15, -0.1) is 11.3 Å². The Morgan fingerprint density at radius 2 is 2.05 bits per heavy atom. The average molecular weight is 309 g/mol. The molecule has 0 N–H and O–H groups in total. The van der Waals surface area contributed by atoms with Gasteiger partial charge in [-0.25, -0.2) is 9.37 Å². The number of benzene rings is 1. The highest BCUT2D eigenvalue weighted by atomic mass is 32.1. The minimum Gasteiger partial charge on any atom is -0.496 e. The van der Waals surface area contributed by atoms with Gasteiger partial charge in [0.15, 0.2) is 0 Å². The zero-order valence-corrected chi connectivity index (χ0v) is 13.1. The van der Waals surface area contributed by atoms with Crippen molar-refractivity contribution in [2.24, 2.45) is 0 Å². The van der Waals surface area contributed by atoms with Crippen molar-refractivity contribution in [1.82, 2.24) is 4.98 Å². The van der Waals surface area contributed by atoms with Gasteiger partial charge in [-0.05, 0) is 26.0 Å². The Morgan fingerprint density at radius 1 is 1.33 bits per heavy atom. The molecule has 21 heavy (non-hydrogen) atoms. The van der Waals surface area contributed by atoms with Gasteiger partial charge in [-0.1, -0.05) is 6.07 Å². The fourth-order valence-electron chi connectivity index (χ4n) is 1.92. The molecule has 2 rings (SSSR count). The quantitative estimate of drug-likeness (QED) is 0.812. The Morgan fingerprint density at radius 3 is 2.67 bits per heavy atom. The molecule has 6 heteroatoms. The number of ether oxygens (including phenoxy) is 2. The first-order chi connectivity index (χ1) is 9.91. The number of carbonyl (C=O) groups excluding carboxylic acids is 1. The Hall–Kier alpha value is -1.95. The lowest BCUT2D eigenvalue weighted by atomic mass is 9.90. The molecule has 112 valence electrons. The number of hydrogen-bond donors (Lipinski definition) is 0. The van der Waals surface area contributed by atoms with E-state index in [1.54, 1.807) is 31.4 Å². The van der Waals surface area contributed by atoms with Crippen molar-refractivity contribution < 1.29 is 18.7 Å². The summed E-state index contributed by atoms with van der Waals surface area (Å²) < 4.78 is 24.0. The van der Waals surface area contributed by atoms with Crippen LogP contribution in [0, 0.1) is 5.82 Å². The van der Waals surface area contributed by atoms with E-state index in [-0.39, 0.29) is 5.97 Å². The molecule has 0 saturated heterocycles. The summed E-state index contributed by atoms with van der Waals surface area (Å²) in [4.78, 5) is 16.2. The fraction of sp³-hybridized carbons (Fsp3) is 0.333. The van der Waals surface area contributed by atoms with Crippen molar-refractivity contribution in [3.05, 3.63) is 35.1 Å². The van der Waals surface area contributed by atoms with Gasteiger partial charge < -0.3 is 9.47 Å². The maximum Gasteiger partial charge on any atom is 0.317 e. The van der Waals surface area contributed by atoms with Crippen LogP contribution in [0.2, 0.25) is 0 Å². The van der Waals surface area contributed by atoms with Gasteiger partial charge in [0, 0.05) is 5.38 Å². The monoisotopic (exact) mass is 309 g/mol. The second kappa shape index (κ2) is 5.81. The van der Waals surface area contributed by atoms with E-state index >= 15 is 0 Å². The summed E-state index contributed by atoms with van der Waals surface area (Å²) in [7, 11) is 2.81. The number of esters is 1. The maximum absolute atomic E-state index is 14.0. The molecular weight excluding hydrogens is 293 g/mol. The highest BCUT2D eigenvalue weighted by Crippen LogP contribution is 2.37. The summed E-state index contributed by atoms with van der Waals surface area (Å²) >= 11 is 1.26. The molecule has 1 aromatic heterocycles. The van der Waals surface area contributed by atoms with E-state index in [0.717, 1.165) is 0 Å². The molecule has 0 unspecified atom stereocenters. The summed E-state index contributed by atoms with van der Waals surface area (Å²) in [5, 5.41) is 2.20. The molecule has 2 aromatic rings. The van der Waals surface area contributed by atoms with Crippen LogP contribution in [0.25, 0.3) is 10.6 Å². The first-order valence-electron chi connectivity index (χ1n) is 6.29. The maximum atomic E-state index is 14.0. The first-order valence-corrected chi connectivity index (χ1v) is 7.17. The van der Waals surface area contributed by atoms with Gasteiger partial charge in [0.2, 0.25) is 0 Å². The summed E-state index contributed by atoms with van der Waals surface area (Å²) in [5.41, 5.74) is -0.0429. The number of nitrogens with zero attached hydrogens (tertiary/aromatic N) is 1. The second-order valence-corrected chi connectivity index (χ2v) is 5.83. The molecule has 1 heterocycles. The Bertz CT molecular complexity index is 667. The smallest absolute Gasteiger partial charge is 0.317 e. The van der Waals surface area contributed by atoms with Crippen LogP contribution in [-0.2, 0) is 14.9 Å². The molecule has 0 amide bonds. The van der Waals surface area contributed by atoms with Crippen LogP contribution in [-0.4, -0.2) is 25.2 Å². The zero-order valence-electron chi connectivity index (χ0n) is 12.3.